The molecule has 0 radical (unpaired) electrons. The first kappa shape index (κ1) is 12.8. The van der Waals surface area contributed by atoms with Crippen molar-refractivity contribution in [3.05, 3.63) is 77.1 Å². The second kappa shape index (κ2) is 5.39. The van der Waals surface area contributed by atoms with Crippen molar-refractivity contribution in [2.24, 2.45) is 0 Å². The van der Waals surface area contributed by atoms with Crippen LogP contribution < -0.4 is 5.32 Å². The lowest BCUT2D eigenvalue weighted by Crippen LogP contribution is -2.22. The Kier molecular flexibility index (Phi) is 3.44. The number of pyridine rings is 1. The lowest BCUT2D eigenvalue weighted by Gasteiger charge is -2.04. The molecule has 3 aromatic rings. The summed E-state index contributed by atoms with van der Waals surface area (Å²) in [7, 11) is 0. The molecule has 2 heterocycles. The average Bonchev–Trinajstić information content (AvgIpc) is 2.84. The van der Waals surface area contributed by atoms with Crippen molar-refractivity contribution in [3.63, 3.8) is 0 Å². The number of halogens is 1. The van der Waals surface area contributed by atoms with Gasteiger partial charge in [0.1, 0.15) is 5.15 Å². The second-order valence-electron chi connectivity index (χ2n) is 4.50. The van der Waals surface area contributed by atoms with Gasteiger partial charge in [-0.1, -0.05) is 48.0 Å². The molecule has 1 aromatic carbocycles. The van der Waals surface area contributed by atoms with E-state index in [-0.39, 0.29) is 5.91 Å². The molecule has 0 fully saturated rings. The van der Waals surface area contributed by atoms with Crippen molar-refractivity contribution < 1.29 is 4.79 Å². The Morgan fingerprint density at radius 2 is 1.85 bits per heavy atom. The van der Waals surface area contributed by atoms with Gasteiger partial charge in [0, 0.05) is 12.7 Å². The number of carbonyl (C=O) groups is 1. The van der Waals surface area contributed by atoms with Crippen molar-refractivity contribution in [1.29, 1.82) is 0 Å². The maximum atomic E-state index is 12.3. The van der Waals surface area contributed by atoms with Crippen LogP contribution in [0.15, 0.2) is 60.8 Å². The first-order valence-corrected chi connectivity index (χ1v) is 6.71. The van der Waals surface area contributed by atoms with Crippen molar-refractivity contribution in [2.45, 2.75) is 6.54 Å². The molecule has 100 valence electrons. The first-order chi connectivity index (χ1) is 9.75. The first-order valence-electron chi connectivity index (χ1n) is 6.33. The normalized spacial score (nSPS) is 10.7. The lowest BCUT2D eigenvalue weighted by molar-refractivity contribution is 0.0952. The smallest absolute Gasteiger partial charge is 0.253 e. The summed E-state index contributed by atoms with van der Waals surface area (Å²) in [6.45, 7) is 0.501. The fourth-order valence-electron chi connectivity index (χ4n) is 2.17. The minimum Gasteiger partial charge on any atom is -0.348 e. The number of rotatable bonds is 3. The van der Waals surface area contributed by atoms with Crippen LogP contribution in [0.25, 0.3) is 5.52 Å². The van der Waals surface area contributed by atoms with Gasteiger partial charge in [0.05, 0.1) is 11.1 Å². The topological polar surface area (TPSA) is 33.5 Å². The monoisotopic (exact) mass is 284 g/mol. The van der Waals surface area contributed by atoms with Gasteiger partial charge in [-0.25, -0.2) is 0 Å². The minimum atomic E-state index is -0.121. The highest BCUT2D eigenvalue weighted by molar-refractivity contribution is 6.30. The van der Waals surface area contributed by atoms with Gasteiger partial charge in [-0.3, -0.25) is 4.79 Å². The molecule has 0 saturated carbocycles. The van der Waals surface area contributed by atoms with Crippen LogP contribution >= 0.6 is 11.6 Å². The summed E-state index contributed by atoms with van der Waals surface area (Å²) in [6.07, 6.45) is 1.84. The van der Waals surface area contributed by atoms with Crippen LogP contribution in [0.4, 0.5) is 0 Å². The molecule has 3 nitrogen and oxygen atoms in total. The van der Waals surface area contributed by atoms with Crippen LogP contribution in [0.3, 0.4) is 0 Å². The Bertz CT molecular complexity index is 750. The fourth-order valence-corrected chi connectivity index (χ4v) is 2.42. The van der Waals surface area contributed by atoms with Crippen LogP contribution in [-0.4, -0.2) is 10.3 Å². The van der Waals surface area contributed by atoms with E-state index in [0.717, 1.165) is 11.1 Å². The third-order valence-corrected chi connectivity index (χ3v) is 3.46. The molecule has 3 rings (SSSR count). The van der Waals surface area contributed by atoms with E-state index in [0.29, 0.717) is 17.3 Å². The zero-order valence-corrected chi connectivity index (χ0v) is 11.5. The fraction of sp³-hybridized carbons (Fsp3) is 0.0625. The third-order valence-electron chi connectivity index (χ3n) is 3.17. The van der Waals surface area contributed by atoms with Crippen molar-refractivity contribution in [2.75, 3.05) is 0 Å². The predicted molar refractivity (Wildman–Crippen MR) is 80.0 cm³/mol. The van der Waals surface area contributed by atoms with E-state index >= 15 is 0 Å². The van der Waals surface area contributed by atoms with E-state index in [2.05, 4.69) is 5.32 Å². The standard InChI is InChI=1S/C16H13ClN2O/c17-15-10-13(14-8-4-5-9-19(14)15)16(20)18-11-12-6-2-1-3-7-12/h1-10H,11H2,(H,18,20). The number of hydrogen-bond acceptors (Lipinski definition) is 1. The van der Waals surface area contributed by atoms with Crippen molar-refractivity contribution in [3.8, 4) is 0 Å². The highest BCUT2D eigenvalue weighted by Crippen LogP contribution is 2.20. The minimum absolute atomic E-state index is 0.121. The van der Waals surface area contributed by atoms with Gasteiger partial charge in [0.2, 0.25) is 0 Å². The SMILES string of the molecule is O=C(NCc1ccccc1)c1cc(Cl)n2ccccc12. The maximum absolute atomic E-state index is 12.3. The summed E-state index contributed by atoms with van der Waals surface area (Å²) in [4.78, 5) is 12.3. The van der Waals surface area contributed by atoms with Crippen molar-refractivity contribution in [1.82, 2.24) is 9.72 Å². The zero-order chi connectivity index (χ0) is 13.9. The highest BCUT2D eigenvalue weighted by atomic mass is 35.5. The van der Waals surface area contributed by atoms with Gasteiger partial charge in [-0.15, -0.1) is 0 Å². The number of hydrogen-bond donors (Lipinski definition) is 1. The molecule has 4 heteroatoms. The quantitative estimate of drug-likeness (QED) is 0.784. The maximum Gasteiger partial charge on any atom is 0.253 e. The van der Waals surface area contributed by atoms with E-state index in [1.807, 2.05) is 54.7 Å². The number of aromatic nitrogens is 1. The molecule has 0 spiro atoms. The zero-order valence-electron chi connectivity index (χ0n) is 10.7. The summed E-state index contributed by atoms with van der Waals surface area (Å²) in [5.74, 6) is -0.121. The summed E-state index contributed by atoms with van der Waals surface area (Å²) >= 11 is 6.12. The molecule has 0 atom stereocenters. The highest BCUT2D eigenvalue weighted by Gasteiger charge is 2.13. The number of benzene rings is 1. The summed E-state index contributed by atoms with van der Waals surface area (Å²) < 4.78 is 1.79. The Morgan fingerprint density at radius 3 is 2.65 bits per heavy atom. The van der Waals surface area contributed by atoms with E-state index in [4.69, 9.17) is 11.6 Å². The summed E-state index contributed by atoms with van der Waals surface area (Å²) in [5, 5.41) is 3.44. The third kappa shape index (κ3) is 2.40. The molecule has 0 saturated heterocycles. The van der Waals surface area contributed by atoms with E-state index in [1.54, 1.807) is 10.5 Å². The molecule has 2 aromatic heterocycles. The van der Waals surface area contributed by atoms with Crippen LogP contribution in [0.5, 0.6) is 0 Å². The lowest BCUT2D eigenvalue weighted by atomic mass is 10.2. The van der Waals surface area contributed by atoms with Crippen LogP contribution in [-0.2, 0) is 6.54 Å². The summed E-state index contributed by atoms with van der Waals surface area (Å²) in [5.41, 5.74) is 2.46. The largest absolute Gasteiger partial charge is 0.348 e. The summed E-state index contributed by atoms with van der Waals surface area (Å²) in [6, 6.07) is 17.1. The van der Waals surface area contributed by atoms with E-state index < -0.39 is 0 Å². The molecule has 0 aliphatic rings. The molecule has 0 aliphatic carbocycles. The molecule has 0 aliphatic heterocycles. The van der Waals surface area contributed by atoms with E-state index in [1.165, 1.54) is 0 Å². The van der Waals surface area contributed by atoms with Crippen LogP contribution in [0.2, 0.25) is 5.15 Å². The Hall–Kier alpha value is -2.26. The number of fused-ring (bicyclic) bond motifs is 1. The second-order valence-corrected chi connectivity index (χ2v) is 4.89. The van der Waals surface area contributed by atoms with Crippen molar-refractivity contribution >= 4 is 23.0 Å². The molecular weight excluding hydrogens is 272 g/mol. The molecule has 1 N–H and O–H groups in total. The van der Waals surface area contributed by atoms with E-state index in [9.17, 15) is 4.79 Å². The van der Waals surface area contributed by atoms with Crippen LogP contribution in [0.1, 0.15) is 15.9 Å². The number of nitrogens with one attached hydrogen (secondary N) is 1. The van der Waals surface area contributed by atoms with Crippen LogP contribution in [0, 0.1) is 0 Å². The Balaban J connectivity index is 1.83. The van der Waals surface area contributed by atoms with Gasteiger partial charge < -0.3 is 9.72 Å². The van der Waals surface area contributed by atoms with Gasteiger partial charge in [-0.2, -0.15) is 0 Å². The number of carbonyl (C=O) groups excluding carboxylic acids is 1. The Labute approximate surface area is 121 Å². The van der Waals surface area contributed by atoms with Gasteiger partial charge >= 0.3 is 0 Å². The molecule has 0 unspecified atom stereocenters. The predicted octanol–water partition coefficient (Wildman–Crippen LogP) is 3.52. The molecular formula is C16H13ClN2O. The average molecular weight is 285 g/mol. The molecule has 1 amide bonds. The number of nitrogens with zero attached hydrogens (tertiary/aromatic N) is 1. The Morgan fingerprint density at radius 1 is 1.10 bits per heavy atom. The molecule has 0 bridgehead atoms. The number of amides is 1. The molecule has 20 heavy (non-hydrogen) atoms. The van der Waals surface area contributed by atoms with Gasteiger partial charge in [0.15, 0.2) is 0 Å². The van der Waals surface area contributed by atoms with Gasteiger partial charge in [0.25, 0.3) is 5.91 Å². The van der Waals surface area contributed by atoms with Gasteiger partial charge in [-0.05, 0) is 23.8 Å².